The summed E-state index contributed by atoms with van der Waals surface area (Å²) in [4.78, 5) is 0. The number of hydrogen-bond donors (Lipinski definition) is 1. The van der Waals surface area contributed by atoms with Crippen LogP contribution in [0, 0.1) is 5.82 Å². The number of benzene rings is 1. The van der Waals surface area contributed by atoms with Crippen molar-refractivity contribution in [3.63, 3.8) is 0 Å². The number of rotatable bonds is 6. The Hall–Kier alpha value is -0.200. The van der Waals surface area contributed by atoms with Crippen LogP contribution in [-0.4, -0.2) is 27.1 Å². The van der Waals surface area contributed by atoms with Crippen LogP contribution in [-0.2, 0) is 16.0 Å². The molecule has 0 heterocycles. The zero-order valence-electron chi connectivity index (χ0n) is 9.60. The SMILES string of the molecule is COC(CNCc1cc(Cl)cc(F)c1Br)OC. The van der Waals surface area contributed by atoms with Crippen molar-refractivity contribution in [2.24, 2.45) is 0 Å². The van der Waals surface area contributed by atoms with Gasteiger partial charge in [0.25, 0.3) is 0 Å². The van der Waals surface area contributed by atoms with Gasteiger partial charge in [0.2, 0.25) is 0 Å². The van der Waals surface area contributed by atoms with Crippen molar-refractivity contribution in [3.8, 4) is 0 Å². The molecule has 0 atom stereocenters. The number of hydrogen-bond acceptors (Lipinski definition) is 3. The van der Waals surface area contributed by atoms with Crippen LogP contribution in [0.1, 0.15) is 5.56 Å². The maximum Gasteiger partial charge on any atom is 0.169 e. The van der Waals surface area contributed by atoms with E-state index in [4.69, 9.17) is 21.1 Å². The van der Waals surface area contributed by atoms with Crippen molar-refractivity contribution < 1.29 is 13.9 Å². The standard InChI is InChI=1S/C11H14BrClFNO2/c1-16-10(17-2)6-15-5-7-3-8(13)4-9(14)11(7)12/h3-4,10,15H,5-6H2,1-2H3. The fraction of sp³-hybridized carbons (Fsp3) is 0.455. The van der Waals surface area contributed by atoms with Gasteiger partial charge in [0.1, 0.15) is 5.82 Å². The van der Waals surface area contributed by atoms with E-state index in [1.54, 1.807) is 20.3 Å². The van der Waals surface area contributed by atoms with Gasteiger partial charge in [0, 0.05) is 32.3 Å². The summed E-state index contributed by atoms with van der Waals surface area (Å²) in [5, 5.41) is 3.47. The summed E-state index contributed by atoms with van der Waals surface area (Å²) in [5.41, 5.74) is 0.751. The Morgan fingerprint density at radius 2 is 2.06 bits per heavy atom. The number of nitrogens with one attached hydrogen (secondary N) is 1. The third-order valence-corrected chi connectivity index (χ3v) is 3.33. The highest BCUT2D eigenvalue weighted by molar-refractivity contribution is 9.10. The second-order valence-corrected chi connectivity index (χ2v) is 4.62. The van der Waals surface area contributed by atoms with Crippen LogP contribution in [0.25, 0.3) is 0 Å². The van der Waals surface area contributed by atoms with Crippen LogP contribution in [0.5, 0.6) is 0 Å². The molecule has 1 N–H and O–H groups in total. The smallest absolute Gasteiger partial charge is 0.169 e. The maximum atomic E-state index is 13.3. The third kappa shape index (κ3) is 4.52. The van der Waals surface area contributed by atoms with Crippen molar-refractivity contribution >= 4 is 27.5 Å². The van der Waals surface area contributed by atoms with E-state index < -0.39 is 0 Å². The first-order valence-corrected chi connectivity index (χ1v) is 6.15. The minimum Gasteiger partial charge on any atom is -0.355 e. The molecule has 0 bridgehead atoms. The van der Waals surface area contributed by atoms with Gasteiger partial charge in [-0.2, -0.15) is 0 Å². The van der Waals surface area contributed by atoms with E-state index >= 15 is 0 Å². The highest BCUT2D eigenvalue weighted by atomic mass is 79.9. The molecular weight excluding hydrogens is 312 g/mol. The first-order valence-electron chi connectivity index (χ1n) is 4.98. The molecule has 0 aliphatic carbocycles. The number of methoxy groups -OCH3 is 2. The lowest BCUT2D eigenvalue weighted by Gasteiger charge is -2.14. The molecule has 3 nitrogen and oxygen atoms in total. The lowest BCUT2D eigenvalue weighted by atomic mass is 10.2. The Kier molecular flexibility index (Phi) is 6.37. The normalized spacial score (nSPS) is 11.2. The Bertz CT molecular complexity index is 375. The van der Waals surface area contributed by atoms with Crippen molar-refractivity contribution in [3.05, 3.63) is 33.0 Å². The summed E-state index contributed by atoms with van der Waals surface area (Å²) in [6.45, 7) is 0.981. The second-order valence-electron chi connectivity index (χ2n) is 3.39. The average molecular weight is 327 g/mol. The van der Waals surface area contributed by atoms with Crippen molar-refractivity contribution in [2.45, 2.75) is 12.8 Å². The molecule has 1 aromatic carbocycles. The van der Waals surface area contributed by atoms with E-state index in [0.29, 0.717) is 22.6 Å². The monoisotopic (exact) mass is 325 g/mol. The van der Waals surface area contributed by atoms with Crippen LogP contribution in [0.2, 0.25) is 5.02 Å². The predicted molar refractivity (Wildman–Crippen MR) is 68.6 cm³/mol. The minimum atomic E-state index is -0.371. The summed E-state index contributed by atoms with van der Waals surface area (Å²) in [6, 6.07) is 2.97. The van der Waals surface area contributed by atoms with Gasteiger partial charge in [-0.3, -0.25) is 0 Å². The molecule has 0 saturated carbocycles. The van der Waals surface area contributed by atoms with Crippen molar-refractivity contribution in [1.82, 2.24) is 5.32 Å². The third-order valence-electron chi connectivity index (χ3n) is 2.22. The molecule has 17 heavy (non-hydrogen) atoms. The van der Waals surface area contributed by atoms with Crippen LogP contribution >= 0.6 is 27.5 Å². The van der Waals surface area contributed by atoms with Gasteiger partial charge in [-0.25, -0.2) is 4.39 Å². The van der Waals surface area contributed by atoms with Gasteiger partial charge >= 0.3 is 0 Å². The summed E-state index contributed by atoms with van der Waals surface area (Å²) in [6.07, 6.45) is -0.321. The Balaban J connectivity index is 2.57. The van der Waals surface area contributed by atoms with Crippen LogP contribution in [0.3, 0.4) is 0 Å². The van der Waals surface area contributed by atoms with Gasteiger partial charge in [-0.05, 0) is 33.6 Å². The summed E-state index contributed by atoms with van der Waals surface area (Å²) in [5.74, 6) is -0.371. The van der Waals surface area contributed by atoms with Crippen molar-refractivity contribution in [1.29, 1.82) is 0 Å². The molecule has 0 radical (unpaired) electrons. The quantitative estimate of drug-likeness (QED) is 0.644. The molecule has 0 spiro atoms. The zero-order chi connectivity index (χ0) is 12.8. The van der Waals surface area contributed by atoms with Crippen molar-refractivity contribution in [2.75, 3.05) is 20.8 Å². The molecule has 1 rings (SSSR count). The van der Waals surface area contributed by atoms with Gasteiger partial charge in [-0.15, -0.1) is 0 Å². The molecule has 1 aromatic rings. The molecule has 0 unspecified atom stereocenters. The first-order chi connectivity index (χ1) is 8.08. The van der Waals surface area contributed by atoms with E-state index in [-0.39, 0.29) is 12.1 Å². The number of ether oxygens (including phenoxy) is 2. The fourth-order valence-corrected chi connectivity index (χ4v) is 1.92. The summed E-state index contributed by atoms with van der Waals surface area (Å²) >= 11 is 8.96. The minimum absolute atomic E-state index is 0.321. The van der Waals surface area contributed by atoms with Crippen LogP contribution < -0.4 is 5.32 Å². The molecule has 0 aliphatic heterocycles. The van der Waals surface area contributed by atoms with Gasteiger partial charge in [0.15, 0.2) is 6.29 Å². The molecule has 6 heteroatoms. The lowest BCUT2D eigenvalue weighted by Crippen LogP contribution is -2.29. The maximum absolute atomic E-state index is 13.3. The van der Waals surface area contributed by atoms with E-state index in [1.807, 2.05) is 0 Å². The Morgan fingerprint density at radius 1 is 1.41 bits per heavy atom. The topological polar surface area (TPSA) is 30.5 Å². The predicted octanol–water partition coefficient (Wildman–Crippen LogP) is 2.95. The van der Waals surface area contributed by atoms with E-state index in [9.17, 15) is 4.39 Å². The lowest BCUT2D eigenvalue weighted by molar-refractivity contribution is -0.0989. The van der Waals surface area contributed by atoms with Gasteiger partial charge in [0.05, 0.1) is 4.47 Å². The number of halogens is 3. The van der Waals surface area contributed by atoms with Crippen LogP contribution in [0.4, 0.5) is 4.39 Å². The molecule has 0 amide bonds. The van der Waals surface area contributed by atoms with E-state index in [1.165, 1.54) is 6.07 Å². The second kappa shape index (κ2) is 7.28. The van der Waals surface area contributed by atoms with Crippen LogP contribution in [0.15, 0.2) is 16.6 Å². The molecule has 0 fully saturated rings. The Labute approximate surface area is 113 Å². The molecular formula is C11H14BrClFNO2. The zero-order valence-corrected chi connectivity index (χ0v) is 11.9. The molecule has 0 aromatic heterocycles. The van der Waals surface area contributed by atoms with Gasteiger partial charge < -0.3 is 14.8 Å². The highest BCUT2D eigenvalue weighted by Gasteiger charge is 2.09. The first kappa shape index (κ1) is 14.9. The average Bonchev–Trinajstić information content (AvgIpc) is 2.30. The van der Waals surface area contributed by atoms with Gasteiger partial charge in [-0.1, -0.05) is 11.6 Å². The summed E-state index contributed by atoms with van der Waals surface area (Å²) in [7, 11) is 3.12. The molecule has 96 valence electrons. The summed E-state index contributed by atoms with van der Waals surface area (Å²) < 4.78 is 23.8. The van der Waals surface area contributed by atoms with E-state index in [0.717, 1.165) is 5.56 Å². The van der Waals surface area contributed by atoms with E-state index in [2.05, 4.69) is 21.2 Å². The molecule has 0 aliphatic rings. The fourth-order valence-electron chi connectivity index (χ4n) is 1.33. The largest absolute Gasteiger partial charge is 0.355 e. The molecule has 0 saturated heterocycles. The highest BCUT2D eigenvalue weighted by Crippen LogP contribution is 2.24. The Morgan fingerprint density at radius 3 is 2.65 bits per heavy atom.